The maximum absolute atomic E-state index is 5.67. The molecule has 84 valence electrons. The van der Waals surface area contributed by atoms with Crippen molar-refractivity contribution in [2.24, 2.45) is 0 Å². The molecular formula is C14H17NO. The SMILES string of the molecule is C=C/C(C)=C\C(=C/C)Oc1ccc(N)cc1. The number of nitrogen functional groups attached to an aromatic ring is 1. The minimum atomic E-state index is 0.729. The number of allylic oxidation sites excluding steroid dienone is 4. The quantitative estimate of drug-likeness (QED) is 0.472. The van der Waals surface area contributed by atoms with Crippen molar-refractivity contribution < 1.29 is 4.74 Å². The van der Waals surface area contributed by atoms with Gasteiger partial charge in [0.05, 0.1) is 0 Å². The molecule has 0 saturated carbocycles. The number of hydrogen-bond acceptors (Lipinski definition) is 2. The van der Waals surface area contributed by atoms with Gasteiger partial charge in [-0.05, 0) is 55.8 Å². The smallest absolute Gasteiger partial charge is 0.127 e. The molecule has 2 nitrogen and oxygen atoms in total. The first kappa shape index (κ1) is 12.1. The molecule has 0 radical (unpaired) electrons. The second-order valence-electron chi connectivity index (χ2n) is 3.45. The molecule has 0 aliphatic rings. The largest absolute Gasteiger partial charge is 0.458 e. The van der Waals surface area contributed by atoms with Crippen LogP contribution in [0.15, 0.2) is 60.4 Å². The predicted molar refractivity (Wildman–Crippen MR) is 69.2 cm³/mol. The van der Waals surface area contributed by atoms with Gasteiger partial charge in [0.2, 0.25) is 0 Å². The Hall–Kier alpha value is -1.96. The first-order chi connectivity index (χ1) is 7.65. The average molecular weight is 215 g/mol. The van der Waals surface area contributed by atoms with Crippen molar-refractivity contribution in [3.63, 3.8) is 0 Å². The third-order valence-corrected chi connectivity index (χ3v) is 2.09. The van der Waals surface area contributed by atoms with Crippen LogP contribution in [0.1, 0.15) is 13.8 Å². The highest BCUT2D eigenvalue weighted by atomic mass is 16.5. The zero-order valence-corrected chi connectivity index (χ0v) is 9.73. The predicted octanol–water partition coefficient (Wildman–Crippen LogP) is 3.68. The summed E-state index contributed by atoms with van der Waals surface area (Å²) in [5, 5.41) is 0. The van der Waals surface area contributed by atoms with Crippen LogP contribution >= 0.6 is 0 Å². The second-order valence-corrected chi connectivity index (χ2v) is 3.45. The fraction of sp³-hybridized carbons (Fsp3) is 0.143. The lowest BCUT2D eigenvalue weighted by Gasteiger charge is -2.07. The Labute approximate surface area is 96.7 Å². The molecule has 0 amide bonds. The summed E-state index contributed by atoms with van der Waals surface area (Å²) in [6, 6.07) is 7.31. The van der Waals surface area contributed by atoms with E-state index in [1.165, 1.54) is 0 Å². The first-order valence-electron chi connectivity index (χ1n) is 5.16. The fourth-order valence-electron chi connectivity index (χ4n) is 1.13. The molecule has 1 aromatic carbocycles. The number of ether oxygens (including phenoxy) is 1. The van der Waals surface area contributed by atoms with Gasteiger partial charge >= 0.3 is 0 Å². The Bertz CT molecular complexity index is 413. The minimum absolute atomic E-state index is 0.729. The number of rotatable bonds is 4. The molecule has 0 aromatic heterocycles. The van der Waals surface area contributed by atoms with E-state index in [2.05, 4.69) is 6.58 Å². The third kappa shape index (κ3) is 3.65. The molecular weight excluding hydrogens is 198 g/mol. The molecule has 1 aromatic rings. The van der Waals surface area contributed by atoms with E-state index in [1.807, 2.05) is 50.3 Å². The zero-order chi connectivity index (χ0) is 12.0. The van der Waals surface area contributed by atoms with Gasteiger partial charge in [-0.15, -0.1) is 0 Å². The van der Waals surface area contributed by atoms with E-state index in [-0.39, 0.29) is 0 Å². The molecule has 0 atom stereocenters. The van der Waals surface area contributed by atoms with Gasteiger partial charge in [0, 0.05) is 5.69 Å². The number of benzene rings is 1. The van der Waals surface area contributed by atoms with Crippen molar-refractivity contribution in [2.45, 2.75) is 13.8 Å². The van der Waals surface area contributed by atoms with Crippen LogP contribution in [0.25, 0.3) is 0 Å². The highest BCUT2D eigenvalue weighted by molar-refractivity contribution is 5.42. The molecule has 0 heterocycles. The van der Waals surface area contributed by atoms with Crippen molar-refractivity contribution in [1.29, 1.82) is 0 Å². The molecule has 2 heteroatoms. The lowest BCUT2D eigenvalue weighted by atomic mass is 10.2. The van der Waals surface area contributed by atoms with Gasteiger partial charge in [0.15, 0.2) is 0 Å². The average Bonchev–Trinajstić information content (AvgIpc) is 2.30. The summed E-state index contributed by atoms with van der Waals surface area (Å²) in [5.41, 5.74) is 7.38. The van der Waals surface area contributed by atoms with Gasteiger partial charge < -0.3 is 10.5 Å². The third-order valence-electron chi connectivity index (χ3n) is 2.09. The van der Waals surface area contributed by atoms with E-state index >= 15 is 0 Å². The van der Waals surface area contributed by atoms with Crippen molar-refractivity contribution >= 4 is 5.69 Å². The Kier molecular flexibility index (Phi) is 4.40. The number of anilines is 1. The van der Waals surface area contributed by atoms with E-state index in [4.69, 9.17) is 10.5 Å². The summed E-state index contributed by atoms with van der Waals surface area (Å²) >= 11 is 0. The summed E-state index contributed by atoms with van der Waals surface area (Å²) in [4.78, 5) is 0. The van der Waals surface area contributed by atoms with Crippen molar-refractivity contribution in [3.8, 4) is 5.75 Å². The lowest BCUT2D eigenvalue weighted by Crippen LogP contribution is -1.93. The minimum Gasteiger partial charge on any atom is -0.458 e. The van der Waals surface area contributed by atoms with Crippen molar-refractivity contribution in [3.05, 3.63) is 60.4 Å². The molecule has 1 rings (SSSR count). The molecule has 0 bridgehead atoms. The molecule has 16 heavy (non-hydrogen) atoms. The van der Waals surface area contributed by atoms with E-state index in [0.717, 1.165) is 22.8 Å². The second kappa shape index (κ2) is 5.81. The fourth-order valence-corrected chi connectivity index (χ4v) is 1.13. The molecule has 0 fully saturated rings. The normalized spacial score (nSPS) is 12.4. The Morgan fingerprint density at radius 2 is 1.94 bits per heavy atom. The van der Waals surface area contributed by atoms with Gasteiger partial charge in [0.25, 0.3) is 0 Å². The van der Waals surface area contributed by atoms with Crippen molar-refractivity contribution in [2.75, 3.05) is 5.73 Å². The van der Waals surface area contributed by atoms with Gasteiger partial charge in [0.1, 0.15) is 11.5 Å². The van der Waals surface area contributed by atoms with E-state index in [0.29, 0.717) is 0 Å². The summed E-state index contributed by atoms with van der Waals surface area (Å²) in [6.45, 7) is 7.60. The highest BCUT2D eigenvalue weighted by Crippen LogP contribution is 2.17. The summed E-state index contributed by atoms with van der Waals surface area (Å²) in [7, 11) is 0. The summed E-state index contributed by atoms with van der Waals surface area (Å²) in [5.74, 6) is 1.57. The van der Waals surface area contributed by atoms with Gasteiger partial charge in [-0.1, -0.05) is 12.7 Å². The van der Waals surface area contributed by atoms with Crippen LogP contribution in [0.5, 0.6) is 5.75 Å². The summed E-state index contributed by atoms with van der Waals surface area (Å²) in [6.07, 6.45) is 5.63. The van der Waals surface area contributed by atoms with E-state index in [9.17, 15) is 0 Å². The standard InChI is InChI=1S/C14H17NO/c1-4-11(3)10-13(5-2)16-14-8-6-12(15)7-9-14/h4-10H,1,15H2,2-3H3/b11-10-,13-5+. The van der Waals surface area contributed by atoms with Gasteiger partial charge in [-0.2, -0.15) is 0 Å². The highest BCUT2D eigenvalue weighted by Gasteiger charge is 1.97. The molecule has 0 unspecified atom stereocenters. The van der Waals surface area contributed by atoms with Crippen LogP contribution in [-0.4, -0.2) is 0 Å². The Morgan fingerprint density at radius 3 is 2.44 bits per heavy atom. The van der Waals surface area contributed by atoms with Gasteiger partial charge in [-0.3, -0.25) is 0 Å². The van der Waals surface area contributed by atoms with Crippen molar-refractivity contribution in [1.82, 2.24) is 0 Å². The number of nitrogens with two attached hydrogens (primary N) is 1. The number of hydrogen-bond donors (Lipinski definition) is 1. The molecule has 0 spiro atoms. The van der Waals surface area contributed by atoms with Crippen LogP contribution < -0.4 is 10.5 Å². The molecule has 0 saturated heterocycles. The first-order valence-corrected chi connectivity index (χ1v) is 5.16. The van der Waals surface area contributed by atoms with Gasteiger partial charge in [-0.25, -0.2) is 0 Å². The molecule has 2 N–H and O–H groups in total. The van der Waals surface area contributed by atoms with Crippen LogP contribution in [0.2, 0.25) is 0 Å². The van der Waals surface area contributed by atoms with Crippen LogP contribution in [0.4, 0.5) is 5.69 Å². The van der Waals surface area contributed by atoms with E-state index in [1.54, 1.807) is 6.08 Å². The molecule has 0 aliphatic carbocycles. The lowest BCUT2D eigenvalue weighted by molar-refractivity contribution is 0.443. The molecule has 0 aliphatic heterocycles. The van der Waals surface area contributed by atoms with Crippen LogP contribution in [-0.2, 0) is 0 Å². The Morgan fingerprint density at radius 1 is 1.31 bits per heavy atom. The summed E-state index contributed by atoms with van der Waals surface area (Å²) < 4.78 is 5.67. The maximum Gasteiger partial charge on any atom is 0.127 e. The maximum atomic E-state index is 5.67. The van der Waals surface area contributed by atoms with E-state index < -0.39 is 0 Å². The Balaban J connectivity index is 2.79. The van der Waals surface area contributed by atoms with Crippen LogP contribution in [0, 0.1) is 0 Å². The topological polar surface area (TPSA) is 35.2 Å². The zero-order valence-electron chi connectivity index (χ0n) is 9.73. The monoisotopic (exact) mass is 215 g/mol. The van der Waals surface area contributed by atoms with Crippen LogP contribution in [0.3, 0.4) is 0 Å².